The number of rotatable bonds is 7. The fraction of sp³-hybridized carbons (Fsp3) is 0.556. The molecular formula is C9H15Br2N. The molecule has 0 aliphatic rings. The Labute approximate surface area is 91.8 Å². The Morgan fingerprint density at radius 1 is 1.25 bits per heavy atom. The van der Waals surface area contributed by atoms with Crippen LogP contribution in [0.2, 0.25) is 0 Å². The van der Waals surface area contributed by atoms with E-state index in [-0.39, 0.29) is 0 Å². The number of hydrogen-bond acceptors (Lipinski definition) is 1. The molecule has 1 atom stereocenters. The Morgan fingerprint density at radius 3 is 2.08 bits per heavy atom. The molecule has 0 heterocycles. The first-order chi connectivity index (χ1) is 5.74. The summed E-state index contributed by atoms with van der Waals surface area (Å²) in [5.74, 6) is 0. The highest BCUT2D eigenvalue weighted by atomic mass is 79.9. The van der Waals surface area contributed by atoms with E-state index in [1.54, 1.807) is 0 Å². The summed E-state index contributed by atoms with van der Waals surface area (Å²) in [6.07, 6.45) is 3.83. The standard InChI is InChI=1S/C9H15Br2N/c1-3-5-12(6-4-2)8-9(11)7-10/h3-4,9H,1-2,5-8H2. The second kappa shape index (κ2) is 8.02. The first-order valence-electron chi connectivity index (χ1n) is 3.88. The Balaban J connectivity index is 3.75. The van der Waals surface area contributed by atoms with Crippen LogP contribution < -0.4 is 0 Å². The monoisotopic (exact) mass is 295 g/mol. The zero-order valence-electron chi connectivity index (χ0n) is 7.18. The van der Waals surface area contributed by atoms with Crippen molar-refractivity contribution in [1.82, 2.24) is 4.90 Å². The zero-order valence-corrected chi connectivity index (χ0v) is 10.3. The van der Waals surface area contributed by atoms with E-state index >= 15 is 0 Å². The van der Waals surface area contributed by atoms with Crippen LogP contribution in [0.4, 0.5) is 0 Å². The molecule has 3 heteroatoms. The summed E-state index contributed by atoms with van der Waals surface area (Å²) in [5, 5.41) is 0.970. The molecule has 0 aliphatic heterocycles. The van der Waals surface area contributed by atoms with Crippen molar-refractivity contribution in [3.63, 3.8) is 0 Å². The first-order valence-corrected chi connectivity index (χ1v) is 5.92. The lowest BCUT2D eigenvalue weighted by molar-refractivity contribution is 0.343. The second-order valence-corrected chi connectivity index (χ2v) is 4.49. The van der Waals surface area contributed by atoms with Gasteiger partial charge in [-0.15, -0.1) is 13.2 Å². The minimum atomic E-state index is 0.498. The van der Waals surface area contributed by atoms with Crippen molar-refractivity contribution in [2.45, 2.75) is 4.83 Å². The maximum Gasteiger partial charge on any atom is 0.0370 e. The predicted octanol–water partition coefficient (Wildman–Crippen LogP) is 2.82. The topological polar surface area (TPSA) is 3.24 Å². The molecule has 0 aromatic carbocycles. The van der Waals surface area contributed by atoms with Crippen molar-refractivity contribution in [3.05, 3.63) is 25.3 Å². The fourth-order valence-corrected chi connectivity index (χ4v) is 1.53. The molecule has 0 radical (unpaired) electrons. The minimum absolute atomic E-state index is 0.498. The average Bonchev–Trinajstić information content (AvgIpc) is 2.05. The van der Waals surface area contributed by atoms with E-state index in [0.29, 0.717) is 4.83 Å². The quantitative estimate of drug-likeness (QED) is 0.516. The van der Waals surface area contributed by atoms with Crippen LogP contribution in [0.15, 0.2) is 25.3 Å². The Kier molecular flexibility index (Phi) is 8.29. The third kappa shape index (κ3) is 5.98. The lowest BCUT2D eigenvalue weighted by Crippen LogP contribution is -2.30. The van der Waals surface area contributed by atoms with Crippen molar-refractivity contribution in [2.24, 2.45) is 0 Å². The van der Waals surface area contributed by atoms with Crippen molar-refractivity contribution in [1.29, 1.82) is 0 Å². The van der Waals surface area contributed by atoms with Gasteiger partial charge in [0, 0.05) is 29.8 Å². The largest absolute Gasteiger partial charge is 0.295 e. The second-order valence-electron chi connectivity index (χ2n) is 2.55. The Hall–Kier alpha value is 0.400. The maximum absolute atomic E-state index is 3.71. The molecule has 1 nitrogen and oxygen atoms in total. The molecule has 0 fully saturated rings. The van der Waals surface area contributed by atoms with Gasteiger partial charge in [0.25, 0.3) is 0 Å². The molecule has 0 bridgehead atoms. The number of hydrogen-bond donors (Lipinski definition) is 0. The van der Waals surface area contributed by atoms with Crippen molar-refractivity contribution < 1.29 is 0 Å². The van der Waals surface area contributed by atoms with Gasteiger partial charge in [-0.05, 0) is 0 Å². The Bertz CT molecular complexity index is 126. The molecule has 0 aromatic rings. The summed E-state index contributed by atoms with van der Waals surface area (Å²) in [7, 11) is 0. The lowest BCUT2D eigenvalue weighted by atomic mass is 10.4. The van der Waals surface area contributed by atoms with E-state index in [4.69, 9.17) is 0 Å². The maximum atomic E-state index is 3.71. The molecule has 0 aromatic heterocycles. The van der Waals surface area contributed by atoms with Crippen molar-refractivity contribution in [2.75, 3.05) is 25.0 Å². The van der Waals surface area contributed by atoms with Gasteiger partial charge in [-0.2, -0.15) is 0 Å². The summed E-state index contributed by atoms with van der Waals surface area (Å²) >= 11 is 6.98. The van der Waals surface area contributed by atoms with Gasteiger partial charge in [0.05, 0.1) is 0 Å². The van der Waals surface area contributed by atoms with E-state index in [1.807, 2.05) is 12.2 Å². The smallest absolute Gasteiger partial charge is 0.0370 e. The van der Waals surface area contributed by atoms with Crippen LogP contribution >= 0.6 is 31.9 Å². The summed E-state index contributed by atoms with van der Waals surface area (Å²) in [6.45, 7) is 10.3. The van der Waals surface area contributed by atoms with Gasteiger partial charge in [0.2, 0.25) is 0 Å². The molecule has 1 unspecified atom stereocenters. The molecule has 0 saturated heterocycles. The Morgan fingerprint density at radius 2 is 1.75 bits per heavy atom. The van der Waals surface area contributed by atoms with Gasteiger partial charge >= 0.3 is 0 Å². The summed E-state index contributed by atoms with van der Waals surface area (Å²) in [5.41, 5.74) is 0. The predicted molar refractivity (Wildman–Crippen MR) is 63.3 cm³/mol. The van der Waals surface area contributed by atoms with Crippen LogP contribution in [0.1, 0.15) is 0 Å². The zero-order chi connectivity index (χ0) is 9.40. The summed E-state index contributed by atoms with van der Waals surface area (Å²) in [4.78, 5) is 2.78. The lowest BCUT2D eigenvalue weighted by Gasteiger charge is -2.20. The fourth-order valence-electron chi connectivity index (χ4n) is 0.918. The van der Waals surface area contributed by atoms with E-state index in [9.17, 15) is 0 Å². The van der Waals surface area contributed by atoms with Gasteiger partial charge in [0.15, 0.2) is 0 Å². The van der Waals surface area contributed by atoms with Crippen molar-refractivity contribution in [3.8, 4) is 0 Å². The van der Waals surface area contributed by atoms with Gasteiger partial charge in [-0.25, -0.2) is 0 Å². The van der Waals surface area contributed by atoms with Crippen LogP contribution in [-0.2, 0) is 0 Å². The molecule has 0 rings (SSSR count). The molecule has 12 heavy (non-hydrogen) atoms. The third-order valence-electron chi connectivity index (χ3n) is 1.40. The molecule has 0 amide bonds. The average molecular weight is 297 g/mol. The highest BCUT2D eigenvalue weighted by Crippen LogP contribution is 2.06. The molecule has 0 spiro atoms. The molecule has 0 N–H and O–H groups in total. The van der Waals surface area contributed by atoms with Gasteiger partial charge in [-0.3, -0.25) is 4.90 Å². The van der Waals surface area contributed by atoms with Crippen LogP contribution in [0, 0.1) is 0 Å². The van der Waals surface area contributed by atoms with E-state index in [2.05, 4.69) is 49.9 Å². The normalized spacial score (nSPS) is 12.9. The summed E-state index contributed by atoms with van der Waals surface area (Å²) < 4.78 is 0. The minimum Gasteiger partial charge on any atom is -0.295 e. The van der Waals surface area contributed by atoms with Gasteiger partial charge < -0.3 is 0 Å². The summed E-state index contributed by atoms with van der Waals surface area (Å²) in [6, 6.07) is 0. The van der Waals surface area contributed by atoms with Crippen LogP contribution in [0.25, 0.3) is 0 Å². The molecule has 70 valence electrons. The highest BCUT2D eigenvalue weighted by molar-refractivity contribution is 9.12. The van der Waals surface area contributed by atoms with Crippen LogP contribution in [0.3, 0.4) is 0 Å². The van der Waals surface area contributed by atoms with E-state index in [1.165, 1.54) is 0 Å². The van der Waals surface area contributed by atoms with Gasteiger partial charge in [0.1, 0.15) is 0 Å². The van der Waals surface area contributed by atoms with Crippen LogP contribution in [0.5, 0.6) is 0 Å². The van der Waals surface area contributed by atoms with Crippen molar-refractivity contribution >= 4 is 31.9 Å². The molecule has 0 saturated carbocycles. The molecule has 0 aliphatic carbocycles. The number of nitrogens with zero attached hydrogens (tertiary/aromatic N) is 1. The molecular weight excluding hydrogens is 282 g/mol. The third-order valence-corrected chi connectivity index (χ3v) is 3.66. The first kappa shape index (κ1) is 12.4. The number of alkyl halides is 2. The highest BCUT2D eigenvalue weighted by Gasteiger charge is 2.07. The van der Waals surface area contributed by atoms with E-state index < -0.39 is 0 Å². The van der Waals surface area contributed by atoms with E-state index in [0.717, 1.165) is 25.0 Å². The van der Waals surface area contributed by atoms with Crippen LogP contribution in [-0.4, -0.2) is 34.7 Å². The SMILES string of the molecule is C=CCN(CC=C)CC(Br)CBr. The van der Waals surface area contributed by atoms with Gasteiger partial charge in [-0.1, -0.05) is 44.0 Å². The number of halogens is 2.